The third-order valence-electron chi connectivity index (χ3n) is 3.70. The third-order valence-corrected chi connectivity index (χ3v) is 4.86. The van der Waals surface area contributed by atoms with Gasteiger partial charge in [0.2, 0.25) is 0 Å². The molecule has 4 heteroatoms. The molecule has 2 rings (SSSR count). The second kappa shape index (κ2) is 7.21. The summed E-state index contributed by atoms with van der Waals surface area (Å²) < 4.78 is 5.97. The Bertz CT molecular complexity index is 446. The van der Waals surface area contributed by atoms with Gasteiger partial charge in [-0.15, -0.1) is 11.3 Å². The van der Waals surface area contributed by atoms with Gasteiger partial charge in [0.15, 0.2) is 0 Å². The summed E-state index contributed by atoms with van der Waals surface area (Å²) >= 11 is 1.86. The van der Waals surface area contributed by atoms with E-state index in [9.17, 15) is 0 Å². The molecule has 1 atom stereocenters. The fourth-order valence-electron chi connectivity index (χ4n) is 2.43. The van der Waals surface area contributed by atoms with Gasteiger partial charge in [0, 0.05) is 23.6 Å². The highest BCUT2D eigenvalue weighted by molar-refractivity contribution is 7.11. The van der Waals surface area contributed by atoms with E-state index in [1.54, 1.807) is 0 Å². The predicted molar refractivity (Wildman–Crippen MR) is 89.8 cm³/mol. The molecule has 3 nitrogen and oxygen atoms in total. The van der Waals surface area contributed by atoms with Gasteiger partial charge in [-0.1, -0.05) is 13.3 Å². The third kappa shape index (κ3) is 5.04. The lowest BCUT2D eigenvalue weighted by Crippen LogP contribution is -2.35. The Labute approximate surface area is 133 Å². The molecule has 0 bridgehead atoms. The van der Waals surface area contributed by atoms with Crippen molar-refractivity contribution in [2.45, 2.75) is 78.5 Å². The zero-order valence-electron chi connectivity index (χ0n) is 14.2. The fraction of sp³-hybridized carbons (Fsp3) is 0.824. The molecule has 0 aromatic carbocycles. The van der Waals surface area contributed by atoms with E-state index in [-0.39, 0.29) is 11.6 Å². The molecule has 1 saturated carbocycles. The highest BCUT2D eigenvalue weighted by atomic mass is 32.1. The van der Waals surface area contributed by atoms with Crippen LogP contribution in [0.4, 0.5) is 0 Å². The van der Waals surface area contributed by atoms with Crippen LogP contribution >= 0.6 is 11.3 Å². The molecule has 120 valence electrons. The molecule has 1 aliphatic carbocycles. The van der Waals surface area contributed by atoms with Gasteiger partial charge in [-0.25, -0.2) is 4.98 Å². The van der Waals surface area contributed by atoms with Crippen LogP contribution < -0.4 is 5.32 Å². The van der Waals surface area contributed by atoms with Crippen molar-refractivity contribution in [1.29, 1.82) is 0 Å². The lowest BCUT2D eigenvalue weighted by atomic mass is 10.1. The first-order valence-corrected chi connectivity index (χ1v) is 9.11. The zero-order chi connectivity index (χ0) is 15.5. The number of rotatable bonds is 8. The van der Waals surface area contributed by atoms with Crippen molar-refractivity contribution in [3.63, 3.8) is 0 Å². The molecule has 0 aliphatic heterocycles. The minimum atomic E-state index is 0.142. The monoisotopic (exact) mass is 310 g/mol. The van der Waals surface area contributed by atoms with E-state index >= 15 is 0 Å². The van der Waals surface area contributed by atoms with Crippen LogP contribution in [0.5, 0.6) is 0 Å². The Kier molecular flexibility index (Phi) is 5.81. The van der Waals surface area contributed by atoms with Gasteiger partial charge < -0.3 is 10.1 Å². The molecular weight excluding hydrogens is 280 g/mol. The van der Waals surface area contributed by atoms with E-state index < -0.39 is 0 Å². The first-order chi connectivity index (χ1) is 9.94. The molecule has 1 N–H and O–H groups in total. The van der Waals surface area contributed by atoms with E-state index in [1.807, 2.05) is 11.3 Å². The van der Waals surface area contributed by atoms with E-state index in [4.69, 9.17) is 9.72 Å². The van der Waals surface area contributed by atoms with Crippen molar-refractivity contribution in [3.8, 4) is 0 Å². The van der Waals surface area contributed by atoms with Crippen LogP contribution in [0.15, 0.2) is 0 Å². The topological polar surface area (TPSA) is 34.1 Å². The molecular formula is C17H30N2OS. The number of hydrogen-bond donors (Lipinski definition) is 1. The van der Waals surface area contributed by atoms with Crippen molar-refractivity contribution in [3.05, 3.63) is 15.6 Å². The average molecular weight is 311 g/mol. The Balaban J connectivity index is 2.14. The summed E-state index contributed by atoms with van der Waals surface area (Å²) in [6.07, 6.45) is 5.04. The largest absolute Gasteiger partial charge is 0.371 e. The van der Waals surface area contributed by atoms with Crippen LogP contribution in [0.25, 0.3) is 0 Å². The van der Waals surface area contributed by atoms with Crippen molar-refractivity contribution in [2.75, 3.05) is 6.61 Å². The van der Waals surface area contributed by atoms with Gasteiger partial charge in [0.25, 0.3) is 0 Å². The molecule has 21 heavy (non-hydrogen) atoms. The number of thiazole rings is 1. The summed E-state index contributed by atoms with van der Waals surface area (Å²) in [5, 5.41) is 4.80. The van der Waals surface area contributed by atoms with E-state index in [2.05, 4.69) is 39.9 Å². The van der Waals surface area contributed by atoms with Crippen LogP contribution in [0.3, 0.4) is 0 Å². The number of nitrogens with one attached hydrogen (secondary N) is 1. The summed E-state index contributed by atoms with van der Waals surface area (Å²) in [4.78, 5) is 6.33. The van der Waals surface area contributed by atoms with Crippen LogP contribution in [-0.2, 0) is 17.7 Å². The molecule has 0 spiro atoms. The second-order valence-corrected chi connectivity index (χ2v) is 8.10. The SMILES string of the molecule is CCCc1nc(C(OCC)C2CC2)sc1CNC(C)(C)C. The molecule has 1 unspecified atom stereocenters. The lowest BCUT2D eigenvalue weighted by Gasteiger charge is -2.20. The van der Waals surface area contributed by atoms with Crippen molar-refractivity contribution in [2.24, 2.45) is 5.92 Å². The number of hydrogen-bond acceptors (Lipinski definition) is 4. The molecule has 1 heterocycles. The Morgan fingerprint density at radius 1 is 1.33 bits per heavy atom. The maximum Gasteiger partial charge on any atom is 0.122 e. The van der Waals surface area contributed by atoms with Crippen molar-refractivity contribution in [1.82, 2.24) is 10.3 Å². The number of aromatic nitrogens is 1. The summed E-state index contributed by atoms with van der Waals surface area (Å²) in [5.41, 5.74) is 1.42. The predicted octanol–water partition coefficient (Wildman–Crippen LogP) is 4.47. The van der Waals surface area contributed by atoms with Gasteiger partial charge in [-0.3, -0.25) is 0 Å². The minimum absolute atomic E-state index is 0.142. The second-order valence-electron chi connectivity index (χ2n) is 6.99. The van der Waals surface area contributed by atoms with Crippen LogP contribution in [-0.4, -0.2) is 17.1 Å². The Hall–Kier alpha value is -0.450. The van der Waals surface area contributed by atoms with E-state index in [0.717, 1.165) is 26.0 Å². The average Bonchev–Trinajstić information content (AvgIpc) is 3.15. The Morgan fingerprint density at radius 2 is 2.05 bits per heavy atom. The van der Waals surface area contributed by atoms with Gasteiger partial charge in [0.1, 0.15) is 11.1 Å². The highest BCUT2D eigenvalue weighted by Gasteiger charge is 2.35. The standard InChI is InChI=1S/C17H30N2OS/c1-6-8-13-14(11-18-17(3,4)5)21-16(19-13)15(20-7-2)12-9-10-12/h12,15,18H,6-11H2,1-5H3. The van der Waals surface area contributed by atoms with Gasteiger partial charge in [-0.2, -0.15) is 0 Å². The normalized spacial score (nSPS) is 17.2. The molecule has 0 amide bonds. The zero-order valence-corrected chi connectivity index (χ0v) is 15.0. The first kappa shape index (κ1) is 16.9. The van der Waals surface area contributed by atoms with Crippen LogP contribution in [0.2, 0.25) is 0 Å². The Morgan fingerprint density at radius 3 is 2.57 bits per heavy atom. The fourth-order valence-corrected chi connectivity index (χ4v) is 3.62. The molecule has 1 aromatic heterocycles. The van der Waals surface area contributed by atoms with Crippen LogP contribution in [0.1, 0.15) is 75.6 Å². The van der Waals surface area contributed by atoms with E-state index in [0.29, 0.717) is 5.92 Å². The molecule has 1 fully saturated rings. The van der Waals surface area contributed by atoms with Gasteiger partial charge in [-0.05, 0) is 52.9 Å². The maximum atomic E-state index is 5.97. The minimum Gasteiger partial charge on any atom is -0.371 e. The van der Waals surface area contributed by atoms with Gasteiger partial charge in [0.05, 0.1) is 5.69 Å². The van der Waals surface area contributed by atoms with Crippen LogP contribution in [0, 0.1) is 5.92 Å². The molecule has 0 saturated heterocycles. The molecule has 1 aliphatic rings. The summed E-state index contributed by atoms with van der Waals surface area (Å²) in [6, 6.07) is 0. The summed E-state index contributed by atoms with van der Waals surface area (Å²) in [7, 11) is 0. The van der Waals surface area contributed by atoms with Gasteiger partial charge >= 0.3 is 0 Å². The molecule has 1 aromatic rings. The summed E-state index contributed by atoms with van der Waals surface area (Å²) in [6.45, 7) is 12.6. The molecule has 0 radical (unpaired) electrons. The summed E-state index contributed by atoms with van der Waals surface area (Å²) in [5.74, 6) is 0.703. The maximum absolute atomic E-state index is 5.97. The van der Waals surface area contributed by atoms with Crippen molar-refractivity contribution < 1.29 is 4.74 Å². The lowest BCUT2D eigenvalue weighted by molar-refractivity contribution is 0.0461. The number of aryl methyl sites for hydroxylation is 1. The first-order valence-electron chi connectivity index (χ1n) is 8.29. The number of nitrogens with zero attached hydrogens (tertiary/aromatic N) is 1. The number of ether oxygens (including phenoxy) is 1. The van der Waals surface area contributed by atoms with Crippen molar-refractivity contribution >= 4 is 11.3 Å². The van der Waals surface area contributed by atoms with E-state index in [1.165, 1.54) is 28.4 Å². The quantitative estimate of drug-likeness (QED) is 0.769. The smallest absolute Gasteiger partial charge is 0.122 e. The highest BCUT2D eigenvalue weighted by Crippen LogP contribution is 2.44.